The molecule has 2 aromatic carbocycles. The van der Waals surface area contributed by atoms with Crippen LogP contribution in [0.2, 0.25) is 0 Å². The van der Waals surface area contributed by atoms with Crippen LogP contribution in [0, 0.1) is 4.77 Å². The summed E-state index contributed by atoms with van der Waals surface area (Å²) < 4.78 is 7.74. The van der Waals surface area contributed by atoms with E-state index in [0.717, 1.165) is 11.3 Å². The van der Waals surface area contributed by atoms with E-state index in [0.29, 0.717) is 10.6 Å². The second-order valence-corrected chi connectivity index (χ2v) is 7.36. The predicted octanol–water partition coefficient (Wildman–Crippen LogP) is 4.70. The fourth-order valence-corrected chi connectivity index (χ4v) is 2.59. The standard InChI is InChI=1S/C20H22N4OS/c1-20(2,3)16-11-9-15(10-12-16)13-21-24-18(22-23-19(24)26)14-25-17-7-5-4-6-8-17/h4-13H,14H2,1-3H3,(H,23,26)/b21-13+. The highest BCUT2D eigenvalue weighted by molar-refractivity contribution is 7.71. The Bertz CT molecular complexity index is 934. The number of hydrogen-bond donors (Lipinski definition) is 1. The van der Waals surface area contributed by atoms with Crippen molar-refractivity contribution in [3.8, 4) is 5.75 Å². The molecule has 1 N–H and O–H groups in total. The lowest BCUT2D eigenvalue weighted by Gasteiger charge is -2.18. The third-order valence-corrected chi connectivity index (χ3v) is 4.19. The summed E-state index contributed by atoms with van der Waals surface area (Å²) in [6.07, 6.45) is 1.77. The Hall–Kier alpha value is -2.73. The summed E-state index contributed by atoms with van der Waals surface area (Å²) in [7, 11) is 0. The topological polar surface area (TPSA) is 55.2 Å². The highest BCUT2D eigenvalue weighted by Crippen LogP contribution is 2.21. The lowest BCUT2D eigenvalue weighted by atomic mass is 9.87. The van der Waals surface area contributed by atoms with E-state index in [1.165, 1.54) is 5.56 Å². The van der Waals surface area contributed by atoms with Gasteiger partial charge in [0.15, 0.2) is 5.82 Å². The van der Waals surface area contributed by atoms with Crippen LogP contribution in [0.1, 0.15) is 37.7 Å². The van der Waals surface area contributed by atoms with Crippen molar-refractivity contribution in [2.75, 3.05) is 0 Å². The van der Waals surface area contributed by atoms with Crippen molar-refractivity contribution in [1.82, 2.24) is 14.9 Å². The number of benzene rings is 2. The van der Waals surface area contributed by atoms with Crippen LogP contribution in [-0.4, -0.2) is 21.1 Å². The van der Waals surface area contributed by atoms with E-state index in [1.807, 2.05) is 42.5 Å². The maximum absolute atomic E-state index is 5.73. The zero-order valence-electron chi connectivity index (χ0n) is 15.1. The number of aromatic nitrogens is 3. The van der Waals surface area contributed by atoms with Crippen LogP contribution in [-0.2, 0) is 12.0 Å². The summed E-state index contributed by atoms with van der Waals surface area (Å²) in [5.74, 6) is 1.39. The van der Waals surface area contributed by atoms with Gasteiger partial charge < -0.3 is 4.74 Å². The molecular formula is C20H22N4OS. The van der Waals surface area contributed by atoms with Gasteiger partial charge in [-0.15, -0.1) is 0 Å². The van der Waals surface area contributed by atoms with E-state index in [4.69, 9.17) is 17.0 Å². The second-order valence-electron chi connectivity index (χ2n) is 6.98. The molecule has 0 radical (unpaired) electrons. The van der Waals surface area contributed by atoms with Crippen molar-refractivity contribution in [2.24, 2.45) is 5.10 Å². The van der Waals surface area contributed by atoms with E-state index >= 15 is 0 Å². The normalized spacial score (nSPS) is 11.8. The monoisotopic (exact) mass is 366 g/mol. The van der Waals surface area contributed by atoms with Gasteiger partial charge in [0, 0.05) is 0 Å². The van der Waals surface area contributed by atoms with Gasteiger partial charge in [-0.05, 0) is 40.9 Å². The van der Waals surface area contributed by atoms with Crippen molar-refractivity contribution in [1.29, 1.82) is 0 Å². The quantitative estimate of drug-likeness (QED) is 0.526. The summed E-state index contributed by atoms with van der Waals surface area (Å²) in [5.41, 5.74) is 2.41. The van der Waals surface area contributed by atoms with Crippen LogP contribution in [0.25, 0.3) is 0 Å². The molecule has 134 valence electrons. The van der Waals surface area contributed by atoms with Gasteiger partial charge in [-0.3, -0.25) is 0 Å². The van der Waals surface area contributed by atoms with E-state index in [-0.39, 0.29) is 12.0 Å². The molecule has 0 aliphatic heterocycles. The molecule has 0 amide bonds. The van der Waals surface area contributed by atoms with Gasteiger partial charge in [0.1, 0.15) is 12.4 Å². The Labute approximate surface area is 158 Å². The molecule has 5 nitrogen and oxygen atoms in total. The average molecular weight is 366 g/mol. The Morgan fingerprint density at radius 2 is 1.81 bits per heavy atom. The molecule has 1 aromatic heterocycles. The molecular weight excluding hydrogens is 344 g/mol. The molecule has 0 fully saturated rings. The lowest BCUT2D eigenvalue weighted by molar-refractivity contribution is 0.290. The largest absolute Gasteiger partial charge is 0.486 e. The molecule has 0 atom stereocenters. The number of nitrogens with zero attached hydrogens (tertiary/aromatic N) is 3. The molecule has 0 bridgehead atoms. The molecule has 0 aliphatic rings. The summed E-state index contributed by atoms with van der Waals surface area (Å²) in [6, 6.07) is 17.9. The van der Waals surface area contributed by atoms with E-state index < -0.39 is 0 Å². The number of rotatable bonds is 5. The van der Waals surface area contributed by atoms with Crippen LogP contribution in [0.3, 0.4) is 0 Å². The van der Waals surface area contributed by atoms with Crippen LogP contribution in [0.5, 0.6) is 5.75 Å². The lowest BCUT2D eigenvalue weighted by Crippen LogP contribution is -2.10. The first kappa shape index (κ1) is 18.1. The van der Waals surface area contributed by atoms with Gasteiger partial charge in [-0.25, -0.2) is 5.10 Å². The third-order valence-electron chi connectivity index (χ3n) is 3.93. The highest BCUT2D eigenvalue weighted by Gasteiger charge is 2.12. The Morgan fingerprint density at radius 1 is 1.12 bits per heavy atom. The fraction of sp³-hybridized carbons (Fsp3) is 0.250. The minimum absolute atomic E-state index is 0.130. The molecule has 3 rings (SSSR count). The van der Waals surface area contributed by atoms with Crippen LogP contribution in [0.15, 0.2) is 59.7 Å². The maximum Gasteiger partial charge on any atom is 0.216 e. The van der Waals surface area contributed by atoms with Gasteiger partial charge in [0.25, 0.3) is 0 Å². The van der Waals surface area contributed by atoms with Crippen molar-refractivity contribution in [3.05, 3.63) is 76.3 Å². The summed E-state index contributed by atoms with van der Waals surface area (Å²) in [4.78, 5) is 0. The highest BCUT2D eigenvalue weighted by atomic mass is 32.1. The number of hydrogen-bond acceptors (Lipinski definition) is 4. The van der Waals surface area contributed by atoms with Crippen molar-refractivity contribution >= 4 is 18.4 Å². The maximum atomic E-state index is 5.73. The van der Waals surface area contributed by atoms with Gasteiger partial charge in [-0.2, -0.15) is 14.9 Å². The first-order valence-electron chi connectivity index (χ1n) is 8.42. The minimum atomic E-state index is 0.130. The van der Waals surface area contributed by atoms with Gasteiger partial charge in [0.05, 0.1) is 6.21 Å². The van der Waals surface area contributed by atoms with Crippen LogP contribution in [0.4, 0.5) is 0 Å². The van der Waals surface area contributed by atoms with Gasteiger partial charge in [0.2, 0.25) is 4.77 Å². The predicted molar refractivity (Wildman–Crippen MR) is 106 cm³/mol. The van der Waals surface area contributed by atoms with Gasteiger partial charge in [-0.1, -0.05) is 63.2 Å². The molecule has 0 spiro atoms. The summed E-state index contributed by atoms with van der Waals surface area (Å²) in [5, 5.41) is 11.4. The third kappa shape index (κ3) is 4.46. The summed E-state index contributed by atoms with van der Waals surface area (Å²) in [6.45, 7) is 6.86. The molecule has 0 saturated heterocycles. The number of para-hydroxylation sites is 1. The first-order valence-corrected chi connectivity index (χ1v) is 8.83. The molecule has 0 unspecified atom stereocenters. The van der Waals surface area contributed by atoms with E-state index in [1.54, 1.807) is 10.9 Å². The van der Waals surface area contributed by atoms with Crippen molar-refractivity contribution in [2.45, 2.75) is 32.8 Å². The first-order chi connectivity index (χ1) is 12.4. The minimum Gasteiger partial charge on any atom is -0.486 e. The Kier molecular flexibility index (Phi) is 5.32. The SMILES string of the molecule is CC(C)(C)c1ccc(/C=N/n2c(COc3ccccc3)n[nH]c2=S)cc1. The van der Waals surface area contributed by atoms with Crippen LogP contribution < -0.4 is 4.74 Å². The number of ether oxygens (including phenoxy) is 1. The fourth-order valence-electron chi connectivity index (χ4n) is 2.39. The average Bonchev–Trinajstić information content (AvgIpc) is 2.98. The van der Waals surface area contributed by atoms with Crippen molar-refractivity contribution in [3.63, 3.8) is 0 Å². The Balaban J connectivity index is 1.74. The van der Waals surface area contributed by atoms with Crippen LogP contribution >= 0.6 is 12.2 Å². The molecule has 0 aliphatic carbocycles. The number of H-pyrrole nitrogens is 1. The number of nitrogens with one attached hydrogen (secondary N) is 1. The summed E-state index contributed by atoms with van der Waals surface area (Å²) >= 11 is 5.26. The number of aromatic amines is 1. The van der Waals surface area contributed by atoms with E-state index in [9.17, 15) is 0 Å². The van der Waals surface area contributed by atoms with Gasteiger partial charge >= 0.3 is 0 Å². The molecule has 26 heavy (non-hydrogen) atoms. The molecule has 6 heteroatoms. The molecule has 1 heterocycles. The zero-order valence-corrected chi connectivity index (χ0v) is 16.0. The smallest absolute Gasteiger partial charge is 0.216 e. The molecule has 3 aromatic rings. The van der Waals surface area contributed by atoms with E-state index in [2.05, 4.69) is 48.2 Å². The molecule has 0 saturated carbocycles. The second kappa shape index (κ2) is 7.66. The van der Waals surface area contributed by atoms with Crippen molar-refractivity contribution < 1.29 is 4.74 Å². The zero-order chi connectivity index (χ0) is 18.6. The Morgan fingerprint density at radius 3 is 2.46 bits per heavy atom.